The second kappa shape index (κ2) is 12.1. The number of carbonyl (C=O) groups is 3. The summed E-state index contributed by atoms with van der Waals surface area (Å²) in [4.78, 5) is 38.9. The molecule has 0 spiro atoms. The number of carbonyl (C=O) groups excluding carboxylic acids is 3. The number of hydrogen-bond donors (Lipinski definition) is 2. The number of nitrogens with zero attached hydrogens (tertiary/aromatic N) is 1. The van der Waals surface area contributed by atoms with Crippen molar-refractivity contribution in [1.29, 1.82) is 0 Å². The molecule has 9 heteroatoms. The molecule has 0 aliphatic carbocycles. The van der Waals surface area contributed by atoms with Gasteiger partial charge in [0, 0.05) is 18.5 Å². The zero-order chi connectivity index (χ0) is 25.3. The van der Waals surface area contributed by atoms with Crippen molar-refractivity contribution >= 4 is 52.1 Å². The molecule has 7 nitrogen and oxygen atoms in total. The van der Waals surface area contributed by atoms with E-state index in [-0.39, 0.29) is 18.9 Å². The summed E-state index contributed by atoms with van der Waals surface area (Å²) < 4.78 is 6.18. The topological polar surface area (TPSA) is 87.7 Å². The van der Waals surface area contributed by atoms with E-state index in [1.165, 1.54) is 16.7 Å². The maximum absolute atomic E-state index is 12.8. The minimum absolute atomic E-state index is 0.0117. The van der Waals surface area contributed by atoms with E-state index >= 15 is 0 Å². The maximum Gasteiger partial charge on any atom is 0.269 e. The van der Waals surface area contributed by atoms with Gasteiger partial charge in [-0.2, -0.15) is 0 Å². The largest absolute Gasteiger partial charge is 0.489 e. The Bertz CT molecular complexity index is 1280. The summed E-state index contributed by atoms with van der Waals surface area (Å²) in [5.74, 6) is -0.373. The summed E-state index contributed by atoms with van der Waals surface area (Å²) in [7, 11) is 0. The smallest absolute Gasteiger partial charge is 0.269 e. The number of benzene rings is 3. The molecule has 1 aliphatic heterocycles. The predicted octanol–water partition coefficient (Wildman–Crippen LogP) is 4.32. The third kappa shape index (κ3) is 6.80. The zero-order valence-corrected chi connectivity index (χ0v) is 20.8. The molecule has 4 rings (SSSR count). The molecule has 3 aromatic rings. The molecule has 0 aromatic heterocycles. The first kappa shape index (κ1) is 25.2. The first-order valence-electron chi connectivity index (χ1n) is 11.2. The Hall–Kier alpha value is -3.95. The number of thiocarbonyl (C=S) groups is 1. The van der Waals surface area contributed by atoms with Crippen molar-refractivity contribution in [2.75, 3.05) is 6.54 Å². The summed E-state index contributed by atoms with van der Waals surface area (Å²) in [6.07, 6.45) is 1.75. The van der Waals surface area contributed by atoms with E-state index in [2.05, 4.69) is 10.9 Å². The number of thioether (sulfide) groups is 1. The number of ether oxygens (including phenoxy) is 1. The lowest BCUT2D eigenvalue weighted by Gasteiger charge is -2.14. The standard InChI is InChI=1S/C27H23N3O4S2/c31-24(28-29-25(32)21-9-5-2-6-10-21)15-16-30-26(33)23(36-27(30)35)17-19-11-13-22(14-12-19)34-18-20-7-3-1-4-8-20/h1-14,17H,15-16,18H2,(H,28,31)(H,29,32)/b23-17-. The van der Waals surface area contributed by atoms with Crippen LogP contribution in [0.4, 0.5) is 0 Å². The van der Waals surface area contributed by atoms with Gasteiger partial charge in [-0.05, 0) is 41.5 Å². The van der Waals surface area contributed by atoms with Crippen LogP contribution < -0.4 is 15.6 Å². The maximum atomic E-state index is 12.8. The summed E-state index contributed by atoms with van der Waals surface area (Å²) in [6, 6.07) is 25.9. The monoisotopic (exact) mass is 517 g/mol. The number of amides is 3. The molecular formula is C27H23N3O4S2. The third-order valence-electron chi connectivity index (χ3n) is 5.21. The molecule has 36 heavy (non-hydrogen) atoms. The van der Waals surface area contributed by atoms with Gasteiger partial charge in [0.05, 0.1) is 4.91 Å². The lowest BCUT2D eigenvalue weighted by Crippen LogP contribution is -2.43. The van der Waals surface area contributed by atoms with Crippen molar-refractivity contribution in [3.05, 3.63) is 107 Å². The first-order chi connectivity index (χ1) is 17.5. The van der Waals surface area contributed by atoms with Crippen LogP contribution in [0, 0.1) is 0 Å². The van der Waals surface area contributed by atoms with Crippen molar-refractivity contribution < 1.29 is 19.1 Å². The normalized spacial score (nSPS) is 14.1. The number of nitrogens with one attached hydrogen (secondary N) is 2. The fourth-order valence-electron chi connectivity index (χ4n) is 3.31. The van der Waals surface area contributed by atoms with E-state index in [1.54, 1.807) is 36.4 Å². The SMILES string of the molecule is O=C(CCN1C(=O)/C(=C/c2ccc(OCc3ccccc3)cc2)SC1=S)NNC(=O)c1ccccc1. The summed E-state index contributed by atoms with van der Waals surface area (Å²) in [5.41, 5.74) is 7.06. The molecule has 3 aromatic carbocycles. The van der Waals surface area contributed by atoms with Gasteiger partial charge in [-0.1, -0.05) is 84.6 Å². The van der Waals surface area contributed by atoms with E-state index in [0.29, 0.717) is 21.4 Å². The quantitative estimate of drug-likeness (QED) is 0.263. The number of hydrogen-bond acceptors (Lipinski definition) is 6. The fourth-order valence-corrected chi connectivity index (χ4v) is 4.62. The molecular weight excluding hydrogens is 494 g/mol. The average molecular weight is 518 g/mol. The molecule has 0 radical (unpaired) electrons. The summed E-state index contributed by atoms with van der Waals surface area (Å²) in [6.45, 7) is 0.587. The number of rotatable bonds is 8. The van der Waals surface area contributed by atoms with Crippen molar-refractivity contribution in [3.63, 3.8) is 0 Å². The van der Waals surface area contributed by atoms with Gasteiger partial charge in [0.1, 0.15) is 16.7 Å². The van der Waals surface area contributed by atoms with Gasteiger partial charge in [-0.25, -0.2) is 0 Å². The number of hydrazine groups is 1. The molecule has 3 amide bonds. The Labute approximate surface area is 218 Å². The highest BCUT2D eigenvalue weighted by Crippen LogP contribution is 2.32. The van der Waals surface area contributed by atoms with Crippen LogP contribution in [0.1, 0.15) is 27.9 Å². The van der Waals surface area contributed by atoms with E-state index in [4.69, 9.17) is 17.0 Å². The summed E-state index contributed by atoms with van der Waals surface area (Å²) >= 11 is 6.53. The van der Waals surface area contributed by atoms with Gasteiger partial charge in [0.25, 0.3) is 11.8 Å². The van der Waals surface area contributed by atoms with Crippen molar-refractivity contribution in [2.45, 2.75) is 13.0 Å². The highest BCUT2D eigenvalue weighted by Gasteiger charge is 2.32. The Morgan fingerprint density at radius 1 is 0.917 bits per heavy atom. The Balaban J connectivity index is 1.26. The lowest BCUT2D eigenvalue weighted by atomic mass is 10.2. The predicted molar refractivity (Wildman–Crippen MR) is 144 cm³/mol. The van der Waals surface area contributed by atoms with Gasteiger partial charge in [-0.3, -0.25) is 30.1 Å². The van der Waals surface area contributed by atoms with Gasteiger partial charge in [0.2, 0.25) is 5.91 Å². The molecule has 0 saturated carbocycles. The van der Waals surface area contributed by atoms with Crippen LogP contribution in [0.2, 0.25) is 0 Å². The highest BCUT2D eigenvalue weighted by atomic mass is 32.2. The Morgan fingerprint density at radius 2 is 1.58 bits per heavy atom. The molecule has 1 fully saturated rings. The van der Waals surface area contributed by atoms with Crippen LogP contribution in [0.25, 0.3) is 6.08 Å². The Kier molecular flexibility index (Phi) is 8.48. The highest BCUT2D eigenvalue weighted by molar-refractivity contribution is 8.26. The average Bonchev–Trinajstić information content (AvgIpc) is 3.18. The first-order valence-corrected chi connectivity index (χ1v) is 12.4. The van der Waals surface area contributed by atoms with Gasteiger partial charge in [-0.15, -0.1) is 0 Å². The van der Waals surface area contributed by atoms with Crippen LogP contribution in [-0.4, -0.2) is 33.5 Å². The van der Waals surface area contributed by atoms with Crippen molar-refractivity contribution in [2.24, 2.45) is 0 Å². The van der Waals surface area contributed by atoms with Gasteiger partial charge < -0.3 is 4.74 Å². The van der Waals surface area contributed by atoms with E-state index in [9.17, 15) is 14.4 Å². The molecule has 2 N–H and O–H groups in total. The lowest BCUT2D eigenvalue weighted by molar-refractivity contribution is -0.124. The van der Waals surface area contributed by atoms with Gasteiger partial charge in [0.15, 0.2) is 0 Å². The molecule has 1 saturated heterocycles. The van der Waals surface area contributed by atoms with Crippen LogP contribution in [0.5, 0.6) is 5.75 Å². The van der Waals surface area contributed by atoms with Crippen LogP contribution in [-0.2, 0) is 16.2 Å². The minimum atomic E-state index is -0.427. The third-order valence-corrected chi connectivity index (χ3v) is 6.59. The molecule has 0 atom stereocenters. The molecule has 182 valence electrons. The summed E-state index contributed by atoms with van der Waals surface area (Å²) in [5, 5.41) is 0. The zero-order valence-electron chi connectivity index (χ0n) is 19.2. The van der Waals surface area contributed by atoms with Crippen molar-refractivity contribution in [1.82, 2.24) is 15.8 Å². The van der Waals surface area contributed by atoms with E-state index in [0.717, 1.165) is 16.9 Å². The second-order valence-corrected chi connectivity index (χ2v) is 9.47. The van der Waals surface area contributed by atoms with Crippen LogP contribution in [0.3, 0.4) is 0 Å². The fraction of sp³-hybridized carbons (Fsp3) is 0.111. The van der Waals surface area contributed by atoms with Crippen LogP contribution >= 0.6 is 24.0 Å². The van der Waals surface area contributed by atoms with Gasteiger partial charge >= 0.3 is 0 Å². The molecule has 1 heterocycles. The second-order valence-electron chi connectivity index (χ2n) is 7.79. The van der Waals surface area contributed by atoms with Crippen LogP contribution in [0.15, 0.2) is 89.8 Å². The van der Waals surface area contributed by atoms with Crippen molar-refractivity contribution in [3.8, 4) is 5.75 Å². The van der Waals surface area contributed by atoms with E-state index < -0.39 is 11.8 Å². The minimum Gasteiger partial charge on any atom is -0.489 e. The molecule has 0 unspecified atom stereocenters. The Morgan fingerprint density at radius 3 is 2.28 bits per heavy atom. The molecule has 1 aliphatic rings. The molecule has 0 bridgehead atoms. The van der Waals surface area contributed by atoms with E-state index in [1.807, 2.05) is 54.6 Å².